The quantitative estimate of drug-likeness (QED) is 0.712. The van der Waals surface area contributed by atoms with E-state index in [0.29, 0.717) is 12.4 Å². The monoisotopic (exact) mass is 210 g/mol. The molecule has 0 N–H and O–H groups in total. The predicted molar refractivity (Wildman–Crippen MR) is 53.6 cm³/mol. The van der Waals surface area contributed by atoms with Crippen LogP contribution in [0.1, 0.15) is 5.56 Å². The van der Waals surface area contributed by atoms with Crippen LogP contribution in [0.2, 0.25) is 0 Å². The van der Waals surface area contributed by atoms with Crippen molar-refractivity contribution in [2.75, 3.05) is 5.75 Å². The Kier molecular flexibility index (Phi) is 3.06. The van der Waals surface area contributed by atoms with Crippen LogP contribution < -0.4 is 0 Å². The summed E-state index contributed by atoms with van der Waals surface area (Å²) in [5, 5.41) is 0. The zero-order valence-corrected chi connectivity index (χ0v) is 8.33. The van der Waals surface area contributed by atoms with E-state index in [1.54, 1.807) is 0 Å². The lowest BCUT2D eigenvalue weighted by atomic mass is 10.2. The van der Waals surface area contributed by atoms with Gasteiger partial charge in [-0.05, 0) is 5.56 Å². The van der Waals surface area contributed by atoms with Crippen LogP contribution in [0.5, 0.6) is 0 Å². The molecule has 0 saturated carbocycles. The highest BCUT2D eigenvalue weighted by Crippen LogP contribution is 2.22. The van der Waals surface area contributed by atoms with Crippen LogP contribution in [-0.2, 0) is 20.9 Å². The number of benzene rings is 1. The van der Waals surface area contributed by atoms with E-state index in [0.717, 1.165) is 5.56 Å². The molecule has 1 atom stereocenters. The molecule has 0 radical (unpaired) electrons. The van der Waals surface area contributed by atoms with Gasteiger partial charge in [-0.25, -0.2) is 0 Å². The number of rotatable bonds is 3. The maximum atomic E-state index is 10.7. The van der Waals surface area contributed by atoms with Gasteiger partial charge in [0.1, 0.15) is 0 Å². The number of esters is 1. The molecule has 1 saturated heterocycles. The third-order valence-corrected chi connectivity index (χ3v) is 2.70. The molecule has 1 aromatic rings. The Morgan fingerprint density at radius 1 is 1.43 bits per heavy atom. The van der Waals surface area contributed by atoms with Crippen molar-refractivity contribution in [2.45, 2.75) is 12.2 Å². The first kappa shape index (κ1) is 9.55. The highest BCUT2D eigenvalue weighted by molar-refractivity contribution is 8.00. The average Bonchev–Trinajstić information content (AvgIpc) is 2.63. The van der Waals surface area contributed by atoms with Crippen molar-refractivity contribution in [1.29, 1.82) is 0 Å². The molecule has 1 fully saturated rings. The smallest absolute Gasteiger partial charge is 0.319 e. The summed E-state index contributed by atoms with van der Waals surface area (Å²) in [6, 6.07) is 9.80. The van der Waals surface area contributed by atoms with Crippen molar-refractivity contribution in [1.82, 2.24) is 0 Å². The van der Waals surface area contributed by atoms with E-state index in [-0.39, 0.29) is 5.97 Å². The summed E-state index contributed by atoms with van der Waals surface area (Å²) < 4.78 is 10.3. The van der Waals surface area contributed by atoms with Crippen molar-refractivity contribution < 1.29 is 14.3 Å². The molecular formula is C10H10O3S. The molecule has 0 spiro atoms. The van der Waals surface area contributed by atoms with Crippen molar-refractivity contribution in [2.24, 2.45) is 0 Å². The van der Waals surface area contributed by atoms with Crippen LogP contribution in [0.15, 0.2) is 30.3 Å². The Hall–Kier alpha value is -1.00. The van der Waals surface area contributed by atoms with Crippen molar-refractivity contribution in [3.8, 4) is 0 Å². The van der Waals surface area contributed by atoms with Gasteiger partial charge in [0.15, 0.2) is 0 Å². The van der Waals surface area contributed by atoms with Crippen LogP contribution in [0.25, 0.3) is 0 Å². The van der Waals surface area contributed by atoms with Gasteiger partial charge in [0.2, 0.25) is 0 Å². The molecule has 0 unspecified atom stereocenters. The summed E-state index contributed by atoms with van der Waals surface area (Å²) >= 11 is 1.38. The molecule has 14 heavy (non-hydrogen) atoms. The lowest BCUT2D eigenvalue weighted by Gasteiger charge is -2.09. The fourth-order valence-electron chi connectivity index (χ4n) is 1.13. The van der Waals surface area contributed by atoms with E-state index >= 15 is 0 Å². The number of thioether (sulfide) groups is 1. The number of carbonyl (C=O) groups excluding carboxylic acids is 1. The Balaban J connectivity index is 1.80. The number of hydrogen-bond acceptors (Lipinski definition) is 4. The second-order valence-electron chi connectivity index (χ2n) is 2.89. The molecule has 0 amide bonds. The first-order valence-electron chi connectivity index (χ1n) is 4.31. The maximum absolute atomic E-state index is 10.7. The van der Waals surface area contributed by atoms with Gasteiger partial charge < -0.3 is 9.47 Å². The van der Waals surface area contributed by atoms with Crippen LogP contribution in [-0.4, -0.2) is 17.3 Å². The van der Waals surface area contributed by atoms with Crippen LogP contribution in [0, 0.1) is 0 Å². The molecular weight excluding hydrogens is 200 g/mol. The summed E-state index contributed by atoms with van der Waals surface area (Å²) in [5.74, 6) is 0.187. The van der Waals surface area contributed by atoms with E-state index in [4.69, 9.17) is 9.47 Å². The molecule has 2 rings (SSSR count). The summed E-state index contributed by atoms with van der Waals surface area (Å²) in [7, 11) is 0. The number of cyclic esters (lactones) is 1. The zero-order chi connectivity index (χ0) is 9.80. The van der Waals surface area contributed by atoms with Gasteiger partial charge >= 0.3 is 5.97 Å². The largest absolute Gasteiger partial charge is 0.425 e. The number of ether oxygens (including phenoxy) is 2. The highest BCUT2D eigenvalue weighted by Gasteiger charge is 2.24. The van der Waals surface area contributed by atoms with Gasteiger partial charge in [0, 0.05) is 0 Å². The predicted octanol–water partition coefficient (Wildman–Crippen LogP) is 1.78. The van der Waals surface area contributed by atoms with Crippen molar-refractivity contribution >= 4 is 17.7 Å². The zero-order valence-electron chi connectivity index (χ0n) is 7.51. The van der Waals surface area contributed by atoms with E-state index in [9.17, 15) is 4.79 Å². The lowest BCUT2D eigenvalue weighted by Crippen LogP contribution is -2.09. The maximum Gasteiger partial charge on any atom is 0.319 e. The lowest BCUT2D eigenvalue weighted by molar-refractivity contribution is -0.156. The second-order valence-corrected chi connectivity index (χ2v) is 3.89. The topological polar surface area (TPSA) is 35.5 Å². The second kappa shape index (κ2) is 4.48. The molecule has 0 aliphatic carbocycles. The normalized spacial score (nSPS) is 20.9. The molecule has 1 aliphatic rings. The van der Waals surface area contributed by atoms with Gasteiger partial charge in [0.25, 0.3) is 5.62 Å². The molecule has 0 aromatic heterocycles. The van der Waals surface area contributed by atoms with Gasteiger partial charge in [-0.15, -0.1) is 0 Å². The standard InChI is InChI=1S/C10H10O3S/c11-9-7-14-10(13-9)12-6-8-4-2-1-3-5-8/h1-5,10H,6-7H2/t10-/m0/s1. The molecule has 1 aromatic carbocycles. The SMILES string of the molecule is O=C1CS[C@@H](OCc2ccccc2)O1. The third kappa shape index (κ3) is 2.49. The van der Waals surface area contributed by atoms with Gasteiger partial charge in [-0.3, -0.25) is 4.79 Å². The molecule has 3 nitrogen and oxygen atoms in total. The first-order chi connectivity index (χ1) is 6.84. The van der Waals surface area contributed by atoms with E-state index < -0.39 is 5.62 Å². The van der Waals surface area contributed by atoms with E-state index in [2.05, 4.69) is 0 Å². The Morgan fingerprint density at radius 2 is 2.21 bits per heavy atom. The minimum Gasteiger partial charge on any atom is -0.425 e. The van der Waals surface area contributed by atoms with Gasteiger partial charge in [0.05, 0.1) is 12.4 Å². The van der Waals surface area contributed by atoms with Crippen LogP contribution >= 0.6 is 11.8 Å². The van der Waals surface area contributed by atoms with Crippen LogP contribution in [0.4, 0.5) is 0 Å². The fourth-order valence-corrected chi connectivity index (χ4v) is 1.81. The number of carbonyl (C=O) groups is 1. The highest BCUT2D eigenvalue weighted by atomic mass is 32.2. The van der Waals surface area contributed by atoms with Gasteiger partial charge in [-0.1, -0.05) is 42.1 Å². The molecule has 1 heterocycles. The summed E-state index contributed by atoms with van der Waals surface area (Å²) in [6.07, 6.45) is 0. The molecule has 74 valence electrons. The average molecular weight is 210 g/mol. The number of hydrogen-bond donors (Lipinski definition) is 0. The van der Waals surface area contributed by atoms with Crippen molar-refractivity contribution in [3.05, 3.63) is 35.9 Å². The summed E-state index contributed by atoms with van der Waals surface area (Å²) in [5.41, 5.74) is 0.652. The minimum atomic E-state index is -0.428. The van der Waals surface area contributed by atoms with E-state index in [1.807, 2.05) is 30.3 Å². The van der Waals surface area contributed by atoms with Gasteiger partial charge in [-0.2, -0.15) is 0 Å². The molecule has 1 aliphatic heterocycles. The Labute approximate surface area is 86.4 Å². The molecule has 4 heteroatoms. The van der Waals surface area contributed by atoms with E-state index in [1.165, 1.54) is 11.8 Å². The molecule has 0 bridgehead atoms. The summed E-state index contributed by atoms with van der Waals surface area (Å²) in [6.45, 7) is 0.478. The fraction of sp³-hybridized carbons (Fsp3) is 0.300. The van der Waals surface area contributed by atoms with Crippen LogP contribution in [0.3, 0.4) is 0 Å². The Bertz CT molecular complexity index is 312. The summed E-state index contributed by atoms with van der Waals surface area (Å²) in [4.78, 5) is 10.7. The Morgan fingerprint density at radius 3 is 2.86 bits per heavy atom. The third-order valence-electron chi connectivity index (χ3n) is 1.79. The minimum absolute atomic E-state index is 0.201. The first-order valence-corrected chi connectivity index (χ1v) is 5.36. The van der Waals surface area contributed by atoms with Crippen molar-refractivity contribution in [3.63, 3.8) is 0 Å².